The first kappa shape index (κ1) is 14.5. The lowest BCUT2D eigenvalue weighted by molar-refractivity contribution is -0.133. The average molecular weight is 296 g/mol. The van der Waals surface area contributed by atoms with Gasteiger partial charge >= 0.3 is 5.97 Å². The van der Waals surface area contributed by atoms with E-state index in [2.05, 4.69) is 34.1 Å². The third-order valence-corrected chi connectivity index (χ3v) is 3.39. The van der Waals surface area contributed by atoms with Crippen molar-refractivity contribution in [3.05, 3.63) is 18.5 Å². The lowest BCUT2D eigenvalue weighted by atomic mass is 10.2. The molecule has 0 saturated carbocycles. The number of thioether (sulfide) groups is 1. The number of aromatic nitrogens is 6. The Labute approximate surface area is 120 Å². The SMILES string of the molecule is CC(C)Cn1c(Cn2cncn2)nnc1SCC(=O)O. The Bertz CT molecular complexity index is 565. The van der Waals surface area contributed by atoms with Crippen LogP contribution in [0.4, 0.5) is 0 Å². The molecule has 20 heavy (non-hydrogen) atoms. The second-order valence-corrected chi connectivity index (χ2v) is 5.62. The molecular weight excluding hydrogens is 280 g/mol. The highest BCUT2D eigenvalue weighted by Gasteiger charge is 2.15. The van der Waals surface area contributed by atoms with Gasteiger partial charge in [0.2, 0.25) is 0 Å². The monoisotopic (exact) mass is 296 g/mol. The molecule has 2 rings (SSSR count). The largest absolute Gasteiger partial charge is 0.481 e. The molecule has 0 fully saturated rings. The number of hydrogen-bond acceptors (Lipinski definition) is 6. The van der Waals surface area contributed by atoms with Crippen molar-refractivity contribution < 1.29 is 9.90 Å². The van der Waals surface area contributed by atoms with Crippen LogP contribution in [0.25, 0.3) is 0 Å². The second kappa shape index (κ2) is 6.51. The third kappa shape index (κ3) is 3.80. The van der Waals surface area contributed by atoms with Crippen molar-refractivity contribution in [3.8, 4) is 0 Å². The predicted molar refractivity (Wildman–Crippen MR) is 72.3 cm³/mol. The van der Waals surface area contributed by atoms with Crippen molar-refractivity contribution in [1.29, 1.82) is 0 Å². The minimum atomic E-state index is -0.869. The molecule has 2 aromatic rings. The fraction of sp³-hybridized carbons (Fsp3) is 0.545. The Hall–Kier alpha value is -1.90. The van der Waals surface area contributed by atoms with Gasteiger partial charge in [-0.25, -0.2) is 9.67 Å². The van der Waals surface area contributed by atoms with Gasteiger partial charge in [0.15, 0.2) is 11.0 Å². The van der Waals surface area contributed by atoms with Crippen LogP contribution in [-0.4, -0.2) is 46.4 Å². The Kier molecular flexibility index (Phi) is 4.72. The van der Waals surface area contributed by atoms with Crippen LogP contribution in [0.3, 0.4) is 0 Å². The number of nitrogens with zero attached hydrogens (tertiary/aromatic N) is 6. The van der Waals surface area contributed by atoms with Crippen LogP contribution < -0.4 is 0 Å². The summed E-state index contributed by atoms with van der Waals surface area (Å²) in [6.07, 6.45) is 3.07. The standard InChI is InChI=1S/C11H16N6O2S/c1-8(2)3-17-9(4-16-7-12-6-13-16)14-15-11(17)20-5-10(18)19/h6-8H,3-5H2,1-2H3,(H,18,19). The highest BCUT2D eigenvalue weighted by Crippen LogP contribution is 2.18. The number of carboxylic acid groups (broad SMARTS) is 1. The molecule has 8 nitrogen and oxygen atoms in total. The van der Waals surface area contributed by atoms with E-state index in [0.29, 0.717) is 17.6 Å². The first-order valence-corrected chi connectivity index (χ1v) is 7.14. The molecule has 0 aliphatic rings. The van der Waals surface area contributed by atoms with E-state index in [-0.39, 0.29) is 5.75 Å². The molecule has 0 radical (unpaired) electrons. The summed E-state index contributed by atoms with van der Waals surface area (Å²) in [4.78, 5) is 14.6. The summed E-state index contributed by atoms with van der Waals surface area (Å²) in [7, 11) is 0. The van der Waals surface area contributed by atoms with Crippen molar-refractivity contribution in [2.45, 2.75) is 32.1 Å². The van der Waals surface area contributed by atoms with Crippen molar-refractivity contribution in [1.82, 2.24) is 29.5 Å². The molecule has 0 bridgehead atoms. The van der Waals surface area contributed by atoms with Gasteiger partial charge in [0.05, 0.1) is 5.75 Å². The third-order valence-electron chi connectivity index (χ3n) is 2.44. The maximum absolute atomic E-state index is 10.7. The smallest absolute Gasteiger partial charge is 0.313 e. The molecular formula is C11H16N6O2S. The quantitative estimate of drug-likeness (QED) is 0.753. The Morgan fingerprint density at radius 2 is 2.25 bits per heavy atom. The van der Waals surface area contributed by atoms with Crippen molar-refractivity contribution in [2.75, 3.05) is 5.75 Å². The fourth-order valence-corrected chi connectivity index (χ4v) is 2.36. The first-order chi connectivity index (χ1) is 9.56. The number of carbonyl (C=O) groups is 1. The van der Waals surface area contributed by atoms with Gasteiger partial charge in [-0.05, 0) is 5.92 Å². The van der Waals surface area contributed by atoms with Crippen LogP contribution in [-0.2, 0) is 17.9 Å². The van der Waals surface area contributed by atoms with Crippen molar-refractivity contribution in [2.24, 2.45) is 5.92 Å². The molecule has 0 saturated heterocycles. The lowest BCUT2D eigenvalue weighted by Gasteiger charge is -2.11. The normalized spacial score (nSPS) is 11.2. The van der Waals surface area contributed by atoms with E-state index < -0.39 is 5.97 Å². The van der Waals surface area contributed by atoms with Crippen molar-refractivity contribution >= 4 is 17.7 Å². The van der Waals surface area contributed by atoms with E-state index in [4.69, 9.17) is 5.11 Å². The van der Waals surface area contributed by atoms with E-state index in [1.807, 2.05) is 4.57 Å². The number of rotatable bonds is 7. The van der Waals surface area contributed by atoms with Gasteiger partial charge in [0.1, 0.15) is 19.2 Å². The molecule has 0 aliphatic carbocycles. The molecule has 1 N–H and O–H groups in total. The van der Waals surface area contributed by atoms with Crippen LogP contribution >= 0.6 is 11.8 Å². The molecule has 0 aromatic carbocycles. The average Bonchev–Trinajstić information content (AvgIpc) is 2.99. The van der Waals surface area contributed by atoms with Gasteiger partial charge in [-0.1, -0.05) is 25.6 Å². The molecule has 0 amide bonds. The van der Waals surface area contributed by atoms with E-state index in [1.54, 1.807) is 11.0 Å². The molecule has 2 aromatic heterocycles. The summed E-state index contributed by atoms with van der Waals surface area (Å²) >= 11 is 1.18. The second-order valence-electron chi connectivity index (χ2n) is 4.68. The summed E-state index contributed by atoms with van der Waals surface area (Å²) < 4.78 is 3.60. The zero-order valence-corrected chi connectivity index (χ0v) is 12.1. The molecule has 108 valence electrons. The summed E-state index contributed by atoms with van der Waals surface area (Å²) in [6.45, 7) is 5.38. The number of carboxylic acids is 1. The van der Waals surface area contributed by atoms with Crippen LogP contribution in [0.1, 0.15) is 19.7 Å². The highest BCUT2D eigenvalue weighted by molar-refractivity contribution is 7.99. The maximum Gasteiger partial charge on any atom is 0.313 e. The van der Waals surface area contributed by atoms with Gasteiger partial charge in [-0.2, -0.15) is 5.10 Å². The van der Waals surface area contributed by atoms with Gasteiger partial charge < -0.3 is 9.67 Å². The summed E-state index contributed by atoms with van der Waals surface area (Å²) in [6, 6.07) is 0. The first-order valence-electron chi connectivity index (χ1n) is 6.15. The predicted octanol–water partition coefficient (Wildman–Crippen LogP) is 0.751. The number of aliphatic carboxylic acids is 1. The zero-order chi connectivity index (χ0) is 14.5. The van der Waals surface area contributed by atoms with Crippen LogP contribution in [0.5, 0.6) is 0 Å². The fourth-order valence-electron chi connectivity index (χ4n) is 1.68. The minimum Gasteiger partial charge on any atom is -0.481 e. The molecule has 0 unspecified atom stereocenters. The van der Waals surface area contributed by atoms with Gasteiger partial charge in [0, 0.05) is 6.54 Å². The molecule has 2 heterocycles. The van der Waals surface area contributed by atoms with Crippen LogP contribution in [0, 0.1) is 5.92 Å². The Morgan fingerprint density at radius 1 is 1.45 bits per heavy atom. The van der Waals surface area contributed by atoms with E-state index in [1.165, 1.54) is 18.1 Å². The molecule has 0 spiro atoms. The lowest BCUT2D eigenvalue weighted by Crippen LogP contribution is -2.13. The van der Waals surface area contributed by atoms with Gasteiger partial charge in [-0.3, -0.25) is 4.79 Å². The highest BCUT2D eigenvalue weighted by atomic mass is 32.2. The van der Waals surface area contributed by atoms with E-state index in [0.717, 1.165) is 12.4 Å². The Morgan fingerprint density at radius 3 is 2.85 bits per heavy atom. The zero-order valence-electron chi connectivity index (χ0n) is 11.3. The van der Waals surface area contributed by atoms with Crippen LogP contribution in [0.15, 0.2) is 17.8 Å². The summed E-state index contributed by atoms with van der Waals surface area (Å²) in [5.74, 6) is 0.258. The van der Waals surface area contributed by atoms with Crippen molar-refractivity contribution in [3.63, 3.8) is 0 Å². The minimum absolute atomic E-state index is 0.0282. The van der Waals surface area contributed by atoms with Gasteiger partial charge in [0.25, 0.3) is 0 Å². The van der Waals surface area contributed by atoms with Gasteiger partial charge in [-0.15, -0.1) is 10.2 Å². The summed E-state index contributed by atoms with van der Waals surface area (Å²) in [5, 5.41) is 21.6. The van der Waals surface area contributed by atoms with E-state index in [9.17, 15) is 4.79 Å². The maximum atomic E-state index is 10.7. The van der Waals surface area contributed by atoms with Crippen LogP contribution in [0.2, 0.25) is 0 Å². The summed E-state index contributed by atoms with van der Waals surface area (Å²) in [5.41, 5.74) is 0. The molecule has 9 heteroatoms. The molecule has 0 atom stereocenters. The Balaban J connectivity index is 2.19. The number of hydrogen-bond donors (Lipinski definition) is 1. The molecule has 0 aliphatic heterocycles. The van der Waals surface area contributed by atoms with E-state index >= 15 is 0 Å². The topological polar surface area (TPSA) is 98.7 Å².